The number of aryl methyl sites for hydroxylation is 2. The summed E-state index contributed by atoms with van der Waals surface area (Å²) in [5.41, 5.74) is 6.56. The van der Waals surface area contributed by atoms with Crippen LogP contribution in [0.5, 0.6) is 0 Å². The van der Waals surface area contributed by atoms with Gasteiger partial charge in [-0.15, -0.1) is 0 Å². The van der Waals surface area contributed by atoms with E-state index in [2.05, 4.69) is 47.0 Å². The van der Waals surface area contributed by atoms with Gasteiger partial charge in [-0.3, -0.25) is 4.99 Å². The van der Waals surface area contributed by atoms with E-state index in [0.717, 1.165) is 64.8 Å². The molecule has 160 valence electrons. The number of hydrogen-bond donors (Lipinski definition) is 2. The van der Waals surface area contributed by atoms with Gasteiger partial charge in [0.1, 0.15) is 0 Å². The van der Waals surface area contributed by atoms with E-state index in [4.69, 9.17) is 0 Å². The van der Waals surface area contributed by atoms with Gasteiger partial charge in [0.05, 0.1) is 17.8 Å². The molecule has 4 rings (SSSR count). The van der Waals surface area contributed by atoms with E-state index in [0.29, 0.717) is 6.54 Å². The highest BCUT2D eigenvalue weighted by Gasteiger charge is 2.29. The average molecular weight is 423 g/mol. The fourth-order valence-electron chi connectivity index (χ4n) is 3.82. The summed E-state index contributed by atoms with van der Waals surface area (Å²) in [7, 11) is 0. The molecule has 0 saturated heterocycles. The summed E-state index contributed by atoms with van der Waals surface area (Å²) in [6, 6.07) is 11.7. The van der Waals surface area contributed by atoms with Crippen LogP contribution in [-0.4, -0.2) is 17.7 Å². The zero-order chi connectivity index (χ0) is 22.0. The number of hydrogen-bond acceptors (Lipinski definition) is 2. The lowest BCUT2D eigenvalue weighted by molar-refractivity contribution is -0.137. The number of benzene rings is 2. The predicted molar refractivity (Wildman–Crippen MR) is 121 cm³/mol. The Morgan fingerprint density at radius 3 is 2.48 bits per heavy atom. The number of halogens is 3. The highest BCUT2D eigenvalue weighted by molar-refractivity contribution is 5.96. The third kappa shape index (κ3) is 4.74. The molecule has 1 aromatic heterocycles. The number of anilines is 1. The molecule has 0 amide bonds. The molecule has 0 atom stereocenters. The number of fused-ring (bicyclic) bond motifs is 1. The average Bonchev–Trinajstić information content (AvgIpc) is 3.34. The molecule has 0 bridgehead atoms. The van der Waals surface area contributed by atoms with Gasteiger partial charge >= 0.3 is 6.18 Å². The molecule has 1 aliphatic rings. The Hall–Kier alpha value is -3.28. The number of aromatic nitrogens is 1. The van der Waals surface area contributed by atoms with Gasteiger partial charge < -0.3 is 10.3 Å². The molecule has 2 N–H and O–H groups in total. The van der Waals surface area contributed by atoms with E-state index in [1.807, 2.05) is 12.4 Å². The van der Waals surface area contributed by atoms with Crippen LogP contribution in [0.1, 0.15) is 30.0 Å². The first-order valence-electron chi connectivity index (χ1n) is 10.2. The van der Waals surface area contributed by atoms with E-state index in [9.17, 15) is 13.2 Å². The zero-order valence-electron chi connectivity index (χ0n) is 17.3. The largest absolute Gasteiger partial charge is 0.416 e. The van der Waals surface area contributed by atoms with Crippen LogP contribution in [0.25, 0.3) is 10.9 Å². The van der Waals surface area contributed by atoms with Gasteiger partial charge in [0.2, 0.25) is 0 Å². The summed E-state index contributed by atoms with van der Waals surface area (Å²) in [4.78, 5) is 7.56. The second kappa shape index (κ2) is 8.46. The van der Waals surface area contributed by atoms with Crippen LogP contribution in [0.2, 0.25) is 0 Å². The van der Waals surface area contributed by atoms with Crippen molar-refractivity contribution in [2.75, 3.05) is 11.9 Å². The van der Waals surface area contributed by atoms with Crippen molar-refractivity contribution >= 4 is 22.8 Å². The molecule has 0 spiro atoms. The van der Waals surface area contributed by atoms with Crippen molar-refractivity contribution in [3.05, 3.63) is 88.8 Å². The van der Waals surface area contributed by atoms with Crippen molar-refractivity contribution in [2.24, 2.45) is 4.99 Å². The van der Waals surface area contributed by atoms with Crippen LogP contribution in [-0.2, 0) is 19.0 Å². The van der Waals surface area contributed by atoms with Gasteiger partial charge in [-0.25, -0.2) is 0 Å². The maximum atomic E-state index is 12.7. The van der Waals surface area contributed by atoms with Crippen LogP contribution < -0.4 is 5.32 Å². The molecule has 0 aliphatic carbocycles. The highest BCUT2D eigenvalue weighted by Crippen LogP contribution is 2.30. The number of alkyl halides is 3. The summed E-state index contributed by atoms with van der Waals surface area (Å²) in [6.07, 6.45) is 1.94. The molecular weight excluding hydrogens is 399 g/mol. The third-order valence-electron chi connectivity index (χ3n) is 5.58. The van der Waals surface area contributed by atoms with Crippen molar-refractivity contribution < 1.29 is 13.2 Å². The van der Waals surface area contributed by atoms with Gasteiger partial charge in [-0.1, -0.05) is 24.8 Å². The molecule has 0 unspecified atom stereocenters. The molecule has 0 radical (unpaired) electrons. The minimum absolute atomic E-state index is 0.606. The van der Waals surface area contributed by atoms with Crippen LogP contribution in [0.3, 0.4) is 0 Å². The maximum Gasteiger partial charge on any atom is 0.416 e. The Morgan fingerprint density at radius 1 is 1.10 bits per heavy atom. The van der Waals surface area contributed by atoms with Crippen LogP contribution >= 0.6 is 0 Å². The topological polar surface area (TPSA) is 40.2 Å². The van der Waals surface area contributed by atoms with Crippen molar-refractivity contribution in [2.45, 2.75) is 32.4 Å². The molecule has 1 aliphatic heterocycles. The standard InChI is InChI=1S/C25H24F3N3/c1-16-13-29-14-22(16)17(2)31-24-15-30-23-11-8-19(12-21(23)24)5-3-4-18-6-9-20(10-7-18)25(26,27)28/h6-12,14-15,30-31H,2-5,13H2,1H3. The number of H-pyrrole nitrogens is 1. The third-order valence-corrected chi connectivity index (χ3v) is 5.58. The molecular formula is C25H24F3N3. The number of nitrogens with zero attached hydrogens (tertiary/aromatic N) is 1. The molecule has 2 aromatic carbocycles. The Kier molecular flexibility index (Phi) is 5.72. The Morgan fingerprint density at radius 2 is 1.81 bits per heavy atom. The molecule has 3 aromatic rings. The first-order chi connectivity index (χ1) is 14.8. The fraction of sp³-hybridized carbons (Fsp3) is 0.240. The van der Waals surface area contributed by atoms with Crippen molar-refractivity contribution in [3.8, 4) is 0 Å². The lowest BCUT2D eigenvalue weighted by atomic mass is 10.0. The summed E-state index contributed by atoms with van der Waals surface area (Å²) >= 11 is 0. The minimum atomic E-state index is -4.29. The zero-order valence-corrected chi connectivity index (χ0v) is 17.3. The Bertz CT molecular complexity index is 1160. The second-order valence-electron chi connectivity index (χ2n) is 7.90. The molecule has 6 heteroatoms. The van der Waals surface area contributed by atoms with Crippen LogP contribution in [0, 0.1) is 0 Å². The normalized spacial score (nSPS) is 13.9. The minimum Gasteiger partial charge on any atom is -0.359 e. The quantitative estimate of drug-likeness (QED) is 0.437. The molecule has 31 heavy (non-hydrogen) atoms. The summed E-state index contributed by atoms with van der Waals surface area (Å²) in [6.45, 7) is 6.92. The first kappa shape index (κ1) is 21.0. The number of aromatic amines is 1. The Balaban J connectivity index is 1.41. The number of rotatable bonds is 7. The van der Waals surface area contributed by atoms with Gasteiger partial charge in [0, 0.05) is 34.6 Å². The van der Waals surface area contributed by atoms with Crippen molar-refractivity contribution in [3.63, 3.8) is 0 Å². The molecule has 2 heterocycles. The molecule has 0 saturated carbocycles. The molecule has 3 nitrogen and oxygen atoms in total. The lowest BCUT2D eigenvalue weighted by Crippen LogP contribution is -2.04. The summed E-state index contributed by atoms with van der Waals surface area (Å²) in [5.74, 6) is 0. The van der Waals surface area contributed by atoms with E-state index in [1.165, 1.54) is 11.1 Å². The summed E-state index contributed by atoms with van der Waals surface area (Å²) < 4.78 is 38.1. The van der Waals surface area contributed by atoms with Gasteiger partial charge in [0.25, 0.3) is 0 Å². The van der Waals surface area contributed by atoms with Crippen molar-refractivity contribution in [1.29, 1.82) is 0 Å². The lowest BCUT2D eigenvalue weighted by Gasteiger charge is -2.10. The van der Waals surface area contributed by atoms with Gasteiger partial charge in [-0.05, 0) is 67.2 Å². The monoisotopic (exact) mass is 423 g/mol. The highest BCUT2D eigenvalue weighted by atomic mass is 19.4. The number of allylic oxidation sites excluding steroid dienone is 1. The maximum absolute atomic E-state index is 12.7. The summed E-state index contributed by atoms with van der Waals surface area (Å²) in [5, 5.41) is 4.48. The van der Waals surface area contributed by atoms with Crippen LogP contribution in [0.15, 0.2) is 77.1 Å². The van der Waals surface area contributed by atoms with Gasteiger partial charge in [-0.2, -0.15) is 13.2 Å². The van der Waals surface area contributed by atoms with Crippen LogP contribution in [0.4, 0.5) is 18.9 Å². The Labute approximate surface area is 179 Å². The first-order valence-corrected chi connectivity index (χ1v) is 10.2. The predicted octanol–water partition coefficient (Wildman–Crippen LogP) is 6.69. The smallest absolute Gasteiger partial charge is 0.359 e. The van der Waals surface area contributed by atoms with E-state index in [-0.39, 0.29) is 0 Å². The fourth-order valence-corrected chi connectivity index (χ4v) is 3.82. The molecule has 0 fully saturated rings. The number of aliphatic imine (C=N–C) groups is 1. The van der Waals surface area contributed by atoms with Crippen molar-refractivity contribution in [1.82, 2.24) is 4.98 Å². The van der Waals surface area contributed by atoms with E-state index < -0.39 is 11.7 Å². The SMILES string of the molecule is C=C(Nc1c[nH]c2ccc(CCCc3ccc(C(F)(F)F)cc3)cc12)C1=C(C)CN=C1. The van der Waals surface area contributed by atoms with Gasteiger partial charge in [0.15, 0.2) is 0 Å². The van der Waals surface area contributed by atoms with E-state index >= 15 is 0 Å². The van der Waals surface area contributed by atoms with E-state index in [1.54, 1.807) is 12.1 Å². The second-order valence-corrected chi connectivity index (χ2v) is 7.90. The number of nitrogens with one attached hydrogen (secondary N) is 2.